The van der Waals surface area contributed by atoms with Crippen molar-refractivity contribution in [3.8, 4) is 0 Å². The van der Waals surface area contributed by atoms with E-state index in [1.807, 2.05) is 0 Å². The van der Waals surface area contributed by atoms with Crippen LogP contribution in [0.2, 0.25) is 0 Å². The molecule has 0 aromatic rings. The molecule has 0 radical (unpaired) electrons. The summed E-state index contributed by atoms with van der Waals surface area (Å²) in [5.41, 5.74) is 0. The number of methoxy groups -OCH3 is 1. The molecule has 0 aliphatic heterocycles. The summed E-state index contributed by atoms with van der Waals surface area (Å²) in [6, 6.07) is 0. The molecule has 1 N–H and O–H groups in total. The maximum absolute atomic E-state index is 11.4. The summed E-state index contributed by atoms with van der Waals surface area (Å²) in [5, 5.41) is 8.46. The minimum absolute atomic E-state index is 0.0516. The van der Waals surface area contributed by atoms with Crippen molar-refractivity contribution in [2.24, 2.45) is 11.8 Å². The molecule has 0 spiro atoms. The number of ether oxygens (including phenoxy) is 1. The second-order valence-electron chi connectivity index (χ2n) is 3.26. The van der Waals surface area contributed by atoms with Gasteiger partial charge in [-0.2, -0.15) is 0 Å². The molecule has 0 aliphatic rings. The van der Waals surface area contributed by atoms with Gasteiger partial charge in [-0.05, 0) is 0 Å². The molecule has 0 aromatic carbocycles. The largest absolute Gasteiger partial charge is 0.481 e. The van der Waals surface area contributed by atoms with E-state index in [-0.39, 0.29) is 18.1 Å². The van der Waals surface area contributed by atoms with Crippen LogP contribution in [0.25, 0.3) is 0 Å². The standard InChI is InChI=1S/C9H16O4/c1-6(4-8(10)11)9(12)7(2)5-13-3/h6-7H,4-5H2,1-3H3,(H,10,11). The van der Waals surface area contributed by atoms with Gasteiger partial charge >= 0.3 is 5.97 Å². The lowest BCUT2D eigenvalue weighted by Crippen LogP contribution is -2.24. The highest BCUT2D eigenvalue weighted by molar-refractivity contribution is 5.86. The fraction of sp³-hybridized carbons (Fsp3) is 0.778. The zero-order valence-electron chi connectivity index (χ0n) is 8.24. The third-order valence-electron chi connectivity index (χ3n) is 1.87. The summed E-state index contributed by atoms with van der Waals surface area (Å²) in [4.78, 5) is 21.7. The van der Waals surface area contributed by atoms with E-state index in [1.165, 1.54) is 7.11 Å². The van der Waals surface area contributed by atoms with E-state index in [4.69, 9.17) is 9.84 Å². The summed E-state index contributed by atoms with van der Waals surface area (Å²) in [5.74, 6) is -1.64. The fourth-order valence-electron chi connectivity index (χ4n) is 1.18. The van der Waals surface area contributed by atoms with Crippen molar-refractivity contribution in [3.05, 3.63) is 0 Å². The Morgan fingerprint density at radius 3 is 2.23 bits per heavy atom. The first-order valence-corrected chi connectivity index (χ1v) is 4.23. The molecule has 76 valence electrons. The minimum atomic E-state index is -0.939. The lowest BCUT2D eigenvalue weighted by atomic mass is 9.93. The molecule has 0 aliphatic carbocycles. The predicted molar refractivity (Wildman–Crippen MR) is 47.5 cm³/mol. The van der Waals surface area contributed by atoms with Gasteiger partial charge in [-0.25, -0.2) is 0 Å². The summed E-state index contributed by atoms with van der Waals surface area (Å²) in [6.45, 7) is 3.72. The highest BCUT2D eigenvalue weighted by Gasteiger charge is 2.21. The van der Waals surface area contributed by atoms with Crippen molar-refractivity contribution in [3.63, 3.8) is 0 Å². The smallest absolute Gasteiger partial charge is 0.304 e. The molecule has 2 unspecified atom stereocenters. The van der Waals surface area contributed by atoms with Crippen LogP contribution in [-0.2, 0) is 14.3 Å². The lowest BCUT2D eigenvalue weighted by molar-refractivity contribution is -0.141. The molecule has 0 rings (SSSR count). The number of aliphatic carboxylic acids is 1. The summed E-state index contributed by atoms with van der Waals surface area (Å²) in [6.07, 6.45) is -0.104. The number of ketones is 1. The molecule has 0 amide bonds. The Morgan fingerprint density at radius 1 is 1.31 bits per heavy atom. The molecule has 0 heterocycles. The molecule has 13 heavy (non-hydrogen) atoms. The van der Waals surface area contributed by atoms with E-state index >= 15 is 0 Å². The van der Waals surface area contributed by atoms with Gasteiger partial charge in [0.1, 0.15) is 5.78 Å². The van der Waals surface area contributed by atoms with Gasteiger partial charge in [0.25, 0.3) is 0 Å². The van der Waals surface area contributed by atoms with E-state index in [0.717, 1.165) is 0 Å². The first-order chi connectivity index (χ1) is 5.99. The van der Waals surface area contributed by atoms with Gasteiger partial charge in [0.05, 0.1) is 13.0 Å². The van der Waals surface area contributed by atoms with Crippen molar-refractivity contribution in [2.75, 3.05) is 13.7 Å². The number of carbonyl (C=O) groups is 2. The van der Waals surface area contributed by atoms with Gasteiger partial charge in [0.15, 0.2) is 0 Å². The Kier molecular flexibility index (Phi) is 5.30. The van der Waals surface area contributed by atoms with Gasteiger partial charge in [-0.15, -0.1) is 0 Å². The number of carboxylic acid groups (broad SMARTS) is 1. The third kappa shape index (κ3) is 4.62. The van der Waals surface area contributed by atoms with Crippen molar-refractivity contribution in [1.29, 1.82) is 0 Å². The van der Waals surface area contributed by atoms with Crippen LogP contribution in [-0.4, -0.2) is 30.6 Å². The Bertz CT molecular complexity index is 188. The molecule has 0 saturated heterocycles. The fourth-order valence-corrected chi connectivity index (χ4v) is 1.18. The molecule has 0 saturated carbocycles. The van der Waals surface area contributed by atoms with Crippen molar-refractivity contribution < 1.29 is 19.4 Å². The van der Waals surface area contributed by atoms with Gasteiger partial charge in [0, 0.05) is 18.9 Å². The Hall–Kier alpha value is -0.900. The normalized spacial score (nSPS) is 15.0. The molecule has 4 nitrogen and oxygen atoms in total. The molecule has 4 heteroatoms. The average molecular weight is 188 g/mol. The predicted octanol–water partition coefficient (Wildman–Crippen LogP) is 0.949. The van der Waals surface area contributed by atoms with Gasteiger partial charge in [0.2, 0.25) is 0 Å². The second kappa shape index (κ2) is 5.70. The van der Waals surface area contributed by atoms with Crippen LogP contribution in [0.15, 0.2) is 0 Å². The number of Topliss-reactive ketones (excluding diaryl/α,β-unsaturated/α-hetero) is 1. The van der Waals surface area contributed by atoms with Gasteiger partial charge < -0.3 is 9.84 Å². The van der Waals surface area contributed by atoms with E-state index in [9.17, 15) is 9.59 Å². The van der Waals surface area contributed by atoms with Crippen molar-refractivity contribution in [1.82, 2.24) is 0 Å². The van der Waals surface area contributed by atoms with E-state index in [0.29, 0.717) is 6.61 Å². The minimum Gasteiger partial charge on any atom is -0.481 e. The first kappa shape index (κ1) is 12.1. The lowest BCUT2D eigenvalue weighted by Gasteiger charge is -2.13. The highest BCUT2D eigenvalue weighted by atomic mass is 16.5. The van der Waals surface area contributed by atoms with Crippen molar-refractivity contribution in [2.45, 2.75) is 20.3 Å². The number of hydrogen-bond donors (Lipinski definition) is 1. The molecular formula is C9H16O4. The molecule has 0 aromatic heterocycles. The summed E-state index contributed by atoms with van der Waals surface area (Å²) >= 11 is 0. The van der Waals surface area contributed by atoms with Crippen LogP contribution in [0, 0.1) is 11.8 Å². The maximum atomic E-state index is 11.4. The Labute approximate surface area is 77.9 Å². The number of rotatable bonds is 6. The second-order valence-corrected chi connectivity index (χ2v) is 3.26. The highest BCUT2D eigenvalue weighted by Crippen LogP contribution is 2.10. The third-order valence-corrected chi connectivity index (χ3v) is 1.87. The quantitative estimate of drug-likeness (QED) is 0.674. The number of carboxylic acids is 1. The zero-order chi connectivity index (χ0) is 10.4. The van der Waals surface area contributed by atoms with Gasteiger partial charge in [-0.3, -0.25) is 9.59 Å². The van der Waals surface area contributed by atoms with Crippen molar-refractivity contribution >= 4 is 11.8 Å². The zero-order valence-corrected chi connectivity index (χ0v) is 8.24. The Balaban J connectivity index is 4.01. The monoisotopic (exact) mass is 188 g/mol. The maximum Gasteiger partial charge on any atom is 0.304 e. The molecule has 0 fully saturated rings. The van der Waals surface area contributed by atoms with Crippen LogP contribution < -0.4 is 0 Å². The van der Waals surface area contributed by atoms with Crippen LogP contribution in [0.1, 0.15) is 20.3 Å². The number of hydrogen-bond acceptors (Lipinski definition) is 3. The molecular weight excluding hydrogens is 172 g/mol. The van der Waals surface area contributed by atoms with E-state index < -0.39 is 11.9 Å². The topological polar surface area (TPSA) is 63.6 Å². The molecule has 0 bridgehead atoms. The Morgan fingerprint density at radius 2 is 1.85 bits per heavy atom. The summed E-state index contributed by atoms with van der Waals surface area (Å²) in [7, 11) is 1.52. The SMILES string of the molecule is COCC(C)C(=O)C(C)CC(=O)O. The van der Waals surface area contributed by atoms with Crippen LogP contribution >= 0.6 is 0 Å². The van der Waals surface area contributed by atoms with Crippen LogP contribution in [0.4, 0.5) is 0 Å². The van der Waals surface area contributed by atoms with E-state index in [1.54, 1.807) is 13.8 Å². The van der Waals surface area contributed by atoms with Crippen LogP contribution in [0.3, 0.4) is 0 Å². The van der Waals surface area contributed by atoms with Crippen LogP contribution in [0.5, 0.6) is 0 Å². The summed E-state index contributed by atoms with van der Waals surface area (Å²) < 4.78 is 4.81. The average Bonchev–Trinajstić information content (AvgIpc) is 2.02. The van der Waals surface area contributed by atoms with E-state index in [2.05, 4.69) is 0 Å². The van der Waals surface area contributed by atoms with Gasteiger partial charge in [-0.1, -0.05) is 13.8 Å². The number of carbonyl (C=O) groups excluding carboxylic acids is 1. The molecule has 2 atom stereocenters. The first-order valence-electron chi connectivity index (χ1n) is 4.23.